The van der Waals surface area contributed by atoms with Gasteiger partial charge in [0.1, 0.15) is 11.6 Å². The number of hydrogen-bond acceptors (Lipinski definition) is 5. The van der Waals surface area contributed by atoms with Crippen LogP contribution in [0.15, 0.2) is 85.2 Å². The summed E-state index contributed by atoms with van der Waals surface area (Å²) in [5.41, 5.74) is 3.59. The average Bonchev–Trinajstić information content (AvgIpc) is 2.75. The van der Waals surface area contributed by atoms with Gasteiger partial charge in [0.25, 0.3) is 0 Å². The fraction of sp³-hybridized carbons (Fsp3) is 0.0455. The number of nitrogens with zero attached hydrogens (tertiary/aromatic N) is 3. The predicted molar refractivity (Wildman–Crippen MR) is 109 cm³/mol. The molecule has 0 aliphatic carbocycles. The predicted octanol–water partition coefficient (Wildman–Crippen LogP) is 5.03. The number of pyridine rings is 1. The van der Waals surface area contributed by atoms with Crippen molar-refractivity contribution in [3.05, 3.63) is 96.6 Å². The van der Waals surface area contributed by atoms with E-state index in [1.54, 1.807) is 24.5 Å². The Labute approximate surface area is 162 Å². The molecule has 0 unspecified atom stereocenters. The fourth-order valence-corrected chi connectivity index (χ4v) is 2.71. The van der Waals surface area contributed by atoms with Crippen molar-refractivity contribution >= 4 is 17.5 Å². The van der Waals surface area contributed by atoms with Gasteiger partial charge in [-0.15, -0.1) is 0 Å². The van der Waals surface area contributed by atoms with Crippen molar-refractivity contribution in [2.45, 2.75) is 6.54 Å². The van der Waals surface area contributed by atoms with Crippen LogP contribution < -0.4 is 10.6 Å². The zero-order valence-corrected chi connectivity index (χ0v) is 15.0. The summed E-state index contributed by atoms with van der Waals surface area (Å²) >= 11 is 0. The van der Waals surface area contributed by atoms with Gasteiger partial charge in [0.2, 0.25) is 5.95 Å². The van der Waals surface area contributed by atoms with Crippen LogP contribution in [0, 0.1) is 5.82 Å². The molecule has 2 heterocycles. The molecule has 28 heavy (non-hydrogen) atoms. The second kappa shape index (κ2) is 8.26. The third-order valence-electron chi connectivity index (χ3n) is 4.12. The number of rotatable bonds is 6. The summed E-state index contributed by atoms with van der Waals surface area (Å²) in [6.07, 6.45) is 3.52. The monoisotopic (exact) mass is 371 g/mol. The van der Waals surface area contributed by atoms with Gasteiger partial charge >= 0.3 is 0 Å². The zero-order chi connectivity index (χ0) is 19.2. The number of halogens is 1. The number of benzene rings is 2. The lowest BCUT2D eigenvalue weighted by atomic mass is 10.1. The highest BCUT2D eigenvalue weighted by molar-refractivity contribution is 5.66. The molecule has 2 aromatic carbocycles. The van der Waals surface area contributed by atoms with Crippen LogP contribution in [0.2, 0.25) is 0 Å². The Morgan fingerprint density at radius 3 is 2.32 bits per heavy atom. The highest BCUT2D eigenvalue weighted by Gasteiger charge is 2.08. The Hall–Kier alpha value is -3.80. The summed E-state index contributed by atoms with van der Waals surface area (Å²) in [6, 6.07) is 21.8. The van der Waals surface area contributed by atoms with Crippen molar-refractivity contribution in [3.63, 3.8) is 0 Å². The summed E-state index contributed by atoms with van der Waals surface area (Å²) in [6.45, 7) is 0.615. The van der Waals surface area contributed by atoms with E-state index in [1.165, 1.54) is 12.1 Å². The van der Waals surface area contributed by atoms with Crippen LogP contribution in [0.5, 0.6) is 0 Å². The van der Waals surface area contributed by atoms with E-state index >= 15 is 0 Å². The van der Waals surface area contributed by atoms with Crippen LogP contribution in [0.4, 0.5) is 21.8 Å². The van der Waals surface area contributed by atoms with Gasteiger partial charge in [-0.1, -0.05) is 30.3 Å². The van der Waals surface area contributed by atoms with Gasteiger partial charge in [-0.25, -0.2) is 9.37 Å². The van der Waals surface area contributed by atoms with Crippen LogP contribution in [-0.2, 0) is 6.54 Å². The molecule has 5 nitrogen and oxygen atoms in total. The van der Waals surface area contributed by atoms with Gasteiger partial charge < -0.3 is 10.6 Å². The second-order valence-electron chi connectivity index (χ2n) is 6.17. The van der Waals surface area contributed by atoms with E-state index in [9.17, 15) is 4.39 Å². The summed E-state index contributed by atoms with van der Waals surface area (Å²) < 4.78 is 13.2. The van der Waals surface area contributed by atoms with E-state index in [0.29, 0.717) is 24.0 Å². The fourth-order valence-electron chi connectivity index (χ4n) is 2.71. The minimum Gasteiger partial charge on any atom is -0.366 e. The zero-order valence-electron chi connectivity index (χ0n) is 15.0. The maximum atomic E-state index is 13.2. The average molecular weight is 371 g/mol. The lowest BCUT2D eigenvalue weighted by molar-refractivity contribution is 0.628. The van der Waals surface area contributed by atoms with E-state index in [0.717, 1.165) is 16.8 Å². The minimum absolute atomic E-state index is 0.288. The van der Waals surface area contributed by atoms with Crippen molar-refractivity contribution < 1.29 is 4.39 Å². The topological polar surface area (TPSA) is 62.7 Å². The Bertz CT molecular complexity index is 1040. The molecule has 4 rings (SSSR count). The van der Waals surface area contributed by atoms with Crippen LogP contribution in [0.3, 0.4) is 0 Å². The molecule has 0 aliphatic rings. The van der Waals surface area contributed by atoms with Crippen LogP contribution in [0.1, 0.15) is 5.56 Å². The number of nitrogens with one attached hydrogen (secondary N) is 2. The highest BCUT2D eigenvalue weighted by atomic mass is 19.1. The molecule has 0 amide bonds. The molecule has 0 spiro atoms. The number of aromatic nitrogens is 3. The first-order chi connectivity index (χ1) is 13.8. The summed E-state index contributed by atoms with van der Waals surface area (Å²) in [4.78, 5) is 13.2. The molecule has 0 saturated heterocycles. The molecule has 0 bridgehead atoms. The van der Waals surface area contributed by atoms with Crippen molar-refractivity contribution in [2.75, 3.05) is 10.6 Å². The smallest absolute Gasteiger partial charge is 0.229 e. The standard InChI is InChI=1S/C22H18FN5/c23-18-6-8-19(9-7-18)26-22-27-20(17-4-2-1-3-5-17)14-21(28-22)25-15-16-10-12-24-13-11-16/h1-14H,15H2,(H2,25,26,27,28). The van der Waals surface area contributed by atoms with Crippen LogP contribution in [-0.4, -0.2) is 15.0 Å². The molecular formula is C22H18FN5. The van der Waals surface area contributed by atoms with E-state index < -0.39 is 0 Å². The molecule has 0 atom stereocenters. The Kier molecular flexibility index (Phi) is 5.20. The summed E-state index contributed by atoms with van der Waals surface area (Å²) in [5.74, 6) is 0.838. The quantitative estimate of drug-likeness (QED) is 0.497. The van der Waals surface area contributed by atoms with Gasteiger partial charge in [-0.05, 0) is 42.0 Å². The molecule has 2 aromatic heterocycles. The highest BCUT2D eigenvalue weighted by Crippen LogP contribution is 2.23. The molecule has 0 aliphatic heterocycles. The third-order valence-corrected chi connectivity index (χ3v) is 4.12. The molecular weight excluding hydrogens is 353 g/mol. The van der Waals surface area contributed by atoms with Crippen molar-refractivity contribution in [2.24, 2.45) is 0 Å². The maximum Gasteiger partial charge on any atom is 0.229 e. The largest absolute Gasteiger partial charge is 0.366 e. The molecule has 6 heteroatoms. The molecule has 0 fully saturated rings. The van der Waals surface area contributed by atoms with Crippen LogP contribution in [0.25, 0.3) is 11.3 Å². The van der Waals surface area contributed by atoms with Gasteiger partial charge in [0.15, 0.2) is 0 Å². The lowest BCUT2D eigenvalue weighted by Crippen LogP contribution is -2.05. The Morgan fingerprint density at radius 2 is 1.57 bits per heavy atom. The molecule has 0 radical (unpaired) electrons. The summed E-state index contributed by atoms with van der Waals surface area (Å²) in [5, 5.41) is 6.47. The van der Waals surface area contributed by atoms with Gasteiger partial charge in [0, 0.05) is 36.3 Å². The Morgan fingerprint density at radius 1 is 0.821 bits per heavy atom. The number of hydrogen-bond donors (Lipinski definition) is 2. The Balaban J connectivity index is 1.63. The lowest BCUT2D eigenvalue weighted by Gasteiger charge is -2.12. The second-order valence-corrected chi connectivity index (χ2v) is 6.17. The molecule has 0 saturated carbocycles. The maximum absolute atomic E-state index is 13.2. The molecule has 2 N–H and O–H groups in total. The van der Waals surface area contributed by atoms with Crippen LogP contribution >= 0.6 is 0 Å². The van der Waals surface area contributed by atoms with Gasteiger partial charge in [-0.2, -0.15) is 4.98 Å². The van der Waals surface area contributed by atoms with E-state index in [1.807, 2.05) is 48.5 Å². The first kappa shape index (κ1) is 17.6. The first-order valence-corrected chi connectivity index (χ1v) is 8.86. The number of anilines is 3. The van der Waals surface area contributed by atoms with Crippen molar-refractivity contribution in [3.8, 4) is 11.3 Å². The molecule has 138 valence electrons. The van der Waals surface area contributed by atoms with E-state index in [2.05, 4.69) is 25.6 Å². The van der Waals surface area contributed by atoms with Crippen molar-refractivity contribution in [1.82, 2.24) is 15.0 Å². The molecule has 4 aromatic rings. The first-order valence-electron chi connectivity index (χ1n) is 8.86. The van der Waals surface area contributed by atoms with E-state index in [-0.39, 0.29) is 5.82 Å². The minimum atomic E-state index is -0.288. The van der Waals surface area contributed by atoms with Gasteiger partial charge in [-0.3, -0.25) is 4.98 Å². The van der Waals surface area contributed by atoms with Gasteiger partial charge in [0.05, 0.1) is 5.69 Å². The van der Waals surface area contributed by atoms with Crippen molar-refractivity contribution in [1.29, 1.82) is 0 Å². The SMILES string of the molecule is Fc1ccc(Nc2nc(NCc3ccncc3)cc(-c3ccccc3)n2)cc1. The normalized spacial score (nSPS) is 10.5. The third kappa shape index (κ3) is 4.48. The summed E-state index contributed by atoms with van der Waals surface area (Å²) in [7, 11) is 0. The van der Waals surface area contributed by atoms with E-state index in [4.69, 9.17) is 0 Å².